The summed E-state index contributed by atoms with van der Waals surface area (Å²) >= 11 is 0. The van der Waals surface area contributed by atoms with Gasteiger partial charge in [0.25, 0.3) is 0 Å². The lowest BCUT2D eigenvalue weighted by Gasteiger charge is -2.09. The zero-order chi connectivity index (χ0) is 16.1. The van der Waals surface area contributed by atoms with Gasteiger partial charge in [-0.1, -0.05) is 29.8 Å². The van der Waals surface area contributed by atoms with Crippen LogP contribution >= 0.6 is 0 Å². The Kier molecular flexibility index (Phi) is 4.88. The van der Waals surface area contributed by atoms with E-state index in [0.29, 0.717) is 5.69 Å². The fourth-order valence-corrected chi connectivity index (χ4v) is 1.98. The summed E-state index contributed by atoms with van der Waals surface area (Å²) in [6.45, 7) is 3.27. The van der Waals surface area contributed by atoms with Crippen molar-refractivity contribution in [3.63, 3.8) is 0 Å². The monoisotopic (exact) mass is 300 g/mol. The highest BCUT2D eigenvalue weighted by Gasteiger charge is 2.08. The molecule has 2 aromatic rings. The molecule has 0 unspecified atom stereocenters. The Morgan fingerprint density at radius 1 is 1.05 bits per heavy atom. The van der Waals surface area contributed by atoms with E-state index in [1.165, 1.54) is 25.1 Å². The van der Waals surface area contributed by atoms with E-state index >= 15 is 0 Å². The van der Waals surface area contributed by atoms with Crippen LogP contribution in [0.4, 0.5) is 15.8 Å². The highest BCUT2D eigenvalue weighted by Crippen LogP contribution is 2.20. The van der Waals surface area contributed by atoms with Crippen molar-refractivity contribution < 1.29 is 14.0 Å². The second-order valence-corrected chi connectivity index (χ2v) is 5.09. The van der Waals surface area contributed by atoms with E-state index < -0.39 is 5.82 Å². The van der Waals surface area contributed by atoms with Gasteiger partial charge >= 0.3 is 0 Å². The molecule has 0 atom stereocenters. The molecule has 2 amide bonds. The Morgan fingerprint density at radius 3 is 2.36 bits per heavy atom. The Labute approximate surface area is 128 Å². The second kappa shape index (κ2) is 6.85. The van der Waals surface area contributed by atoms with E-state index in [-0.39, 0.29) is 23.9 Å². The fraction of sp³-hybridized carbons (Fsp3) is 0.176. The summed E-state index contributed by atoms with van der Waals surface area (Å²) in [4.78, 5) is 23.0. The molecule has 2 aromatic carbocycles. The van der Waals surface area contributed by atoms with Gasteiger partial charge in [0, 0.05) is 12.6 Å². The molecule has 0 saturated carbocycles. The van der Waals surface area contributed by atoms with Crippen LogP contribution < -0.4 is 10.6 Å². The van der Waals surface area contributed by atoms with Crippen molar-refractivity contribution in [3.8, 4) is 0 Å². The maximum atomic E-state index is 13.5. The zero-order valence-electron chi connectivity index (χ0n) is 12.4. The molecule has 2 rings (SSSR count). The average Bonchev–Trinajstić information content (AvgIpc) is 2.44. The Morgan fingerprint density at radius 2 is 1.73 bits per heavy atom. The van der Waals surface area contributed by atoms with Crippen LogP contribution in [0.3, 0.4) is 0 Å². The van der Waals surface area contributed by atoms with E-state index in [1.807, 2.05) is 31.2 Å². The first-order chi connectivity index (χ1) is 10.4. The number of hydrogen-bond donors (Lipinski definition) is 2. The summed E-state index contributed by atoms with van der Waals surface area (Å²) in [7, 11) is 0. The highest BCUT2D eigenvalue weighted by molar-refractivity contribution is 5.94. The Hall–Kier alpha value is -2.69. The smallest absolute Gasteiger partial charge is 0.228 e. The summed E-state index contributed by atoms with van der Waals surface area (Å²) in [6.07, 6.45) is 0.229. The Balaban J connectivity index is 2.05. The molecule has 0 aliphatic rings. The first-order valence-corrected chi connectivity index (χ1v) is 6.86. The van der Waals surface area contributed by atoms with Gasteiger partial charge < -0.3 is 10.6 Å². The second-order valence-electron chi connectivity index (χ2n) is 5.09. The van der Waals surface area contributed by atoms with Gasteiger partial charge in [0.05, 0.1) is 12.1 Å². The van der Waals surface area contributed by atoms with Gasteiger partial charge in [-0.25, -0.2) is 4.39 Å². The first kappa shape index (κ1) is 15.7. The van der Waals surface area contributed by atoms with Crippen LogP contribution in [0.2, 0.25) is 0 Å². The molecule has 0 heterocycles. The third-order valence-electron chi connectivity index (χ3n) is 3.05. The lowest BCUT2D eigenvalue weighted by atomic mass is 10.1. The molecule has 0 fully saturated rings. The number of aryl methyl sites for hydroxylation is 1. The average molecular weight is 300 g/mol. The predicted molar refractivity (Wildman–Crippen MR) is 84.2 cm³/mol. The minimum atomic E-state index is -0.549. The number of anilines is 2. The summed E-state index contributed by atoms with van der Waals surface area (Å²) in [6, 6.07) is 11.7. The maximum absolute atomic E-state index is 13.5. The minimum Gasteiger partial charge on any atom is -0.326 e. The van der Waals surface area contributed by atoms with Gasteiger partial charge in [-0.05, 0) is 30.7 Å². The van der Waals surface area contributed by atoms with Gasteiger partial charge in [0.2, 0.25) is 11.8 Å². The van der Waals surface area contributed by atoms with Crippen LogP contribution in [0.1, 0.15) is 18.1 Å². The van der Waals surface area contributed by atoms with Crippen molar-refractivity contribution in [3.05, 3.63) is 59.4 Å². The standard InChI is InChI=1S/C17H17FN2O2/c1-11-3-5-13(6-4-11)9-17(22)20-14-7-8-15(18)16(10-14)19-12(2)21/h3-8,10H,9H2,1-2H3,(H,19,21)(H,20,22). The molecule has 22 heavy (non-hydrogen) atoms. The summed E-state index contributed by atoms with van der Waals surface area (Å²) in [5.41, 5.74) is 2.50. The maximum Gasteiger partial charge on any atom is 0.228 e. The van der Waals surface area contributed by atoms with Crippen molar-refractivity contribution in [1.29, 1.82) is 0 Å². The topological polar surface area (TPSA) is 58.2 Å². The van der Waals surface area contributed by atoms with Crippen LogP contribution in [0.5, 0.6) is 0 Å². The molecular weight excluding hydrogens is 283 g/mol. The number of nitrogens with one attached hydrogen (secondary N) is 2. The lowest BCUT2D eigenvalue weighted by Crippen LogP contribution is -2.15. The van der Waals surface area contributed by atoms with Gasteiger partial charge in [0.1, 0.15) is 5.82 Å². The molecular formula is C17H17FN2O2. The van der Waals surface area contributed by atoms with Crippen LogP contribution in [-0.4, -0.2) is 11.8 Å². The molecule has 0 aromatic heterocycles. The van der Waals surface area contributed by atoms with Crippen molar-refractivity contribution in [2.24, 2.45) is 0 Å². The van der Waals surface area contributed by atoms with Crippen molar-refractivity contribution in [2.45, 2.75) is 20.3 Å². The van der Waals surface area contributed by atoms with Crippen molar-refractivity contribution in [2.75, 3.05) is 10.6 Å². The highest BCUT2D eigenvalue weighted by atomic mass is 19.1. The molecule has 0 saturated heterocycles. The molecule has 4 nitrogen and oxygen atoms in total. The number of amides is 2. The fourth-order valence-electron chi connectivity index (χ4n) is 1.98. The van der Waals surface area contributed by atoms with Crippen LogP contribution in [0, 0.1) is 12.7 Å². The number of rotatable bonds is 4. The third-order valence-corrected chi connectivity index (χ3v) is 3.05. The largest absolute Gasteiger partial charge is 0.326 e. The van der Waals surface area contributed by atoms with Crippen molar-refractivity contribution >= 4 is 23.2 Å². The lowest BCUT2D eigenvalue weighted by molar-refractivity contribution is -0.115. The molecule has 0 spiro atoms. The number of hydrogen-bond acceptors (Lipinski definition) is 2. The molecule has 114 valence electrons. The predicted octanol–water partition coefficient (Wildman–Crippen LogP) is 3.27. The van der Waals surface area contributed by atoms with Gasteiger partial charge in [-0.3, -0.25) is 9.59 Å². The quantitative estimate of drug-likeness (QED) is 0.910. The molecule has 0 aliphatic carbocycles. The van der Waals surface area contributed by atoms with Gasteiger partial charge in [-0.2, -0.15) is 0 Å². The third kappa shape index (κ3) is 4.41. The van der Waals surface area contributed by atoms with E-state index in [9.17, 15) is 14.0 Å². The molecule has 0 bridgehead atoms. The van der Waals surface area contributed by atoms with E-state index in [1.54, 1.807) is 0 Å². The summed E-state index contributed by atoms with van der Waals surface area (Å²) in [5, 5.41) is 5.07. The first-order valence-electron chi connectivity index (χ1n) is 6.86. The minimum absolute atomic E-state index is 0.0423. The summed E-state index contributed by atoms with van der Waals surface area (Å²) in [5.74, 6) is -1.13. The van der Waals surface area contributed by atoms with Gasteiger partial charge in [0.15, 0.2) is 0 Å². The number of carbonyl (C=O) groups is 2. The molecule has 5 heteroatoms. The van der Waals surface area contributed by atoms with Gasteiger partial charge in [-0.15, -0.1) is 0 Å². The molecule has 0 radical (unpaired) electrons. The number of benzene rings is 2. The van der Waals surface area contributed by atoms with Crippen LogP contribution in [0.25, 0.3) is 0 Å². The normalized spacial score (nSPS) is 10.1. The molecule has 2 N–H and O–H groups in total. The molecule has 0 aliphatic heterocycles. The van der Waals surface area contributed by atoms with E-state index in [4.69, 9.17) is 0 Å². The Bertz CT molecular complexity index is 696. The summed E-state index contributed by atoms with van der Waals surface area (Å²) < 4.78 is 13.5. The van der Waals surface area contributed by atoms with Crippen LogP contribution in [-0.2, 0) is 16.0 Å². The zero-order valence-corrected chi connectivity index (χ0v) is 12.4. The van der Waals surface area contributed by atoms with Crippen molar-refractivity contribution in [1.82, 2.24) is 0 Å². The van der Waals surface area contributed by atoms with E-state index in [2.05, 4.69) is 10.6 Å². The van der Waals surface area contributed by atoms with Crippen LogP contribution in [0.15, 0.2) is 42.5 Å². The SMILES string of the molecule is CC(=O)Nc1cc(NC(=O)Cc2ccc(C)cc2)ccc1F. The number of halogens is 1. The number of carbonyl (C=O) groups excluding carboxylic acids is 2. The van der Waals surface area contributed by atoms with E-state index in [0.717, 1.165) is 11.1 Å².